The Kier molecular flexibility index (Phi) is 48.5. The molecular formula is C89H188N10O3. The molecule has 0 bridgehead atoms. The van der Waals surface area contributed by atoms with Gasteiger partial charge in [0.05, 0.1) is 51.2 Å². The highest BCUT2D eigenvalue weighted by Crippen LogP contribution is 2.43. The monoisotopic (exact) mass is 1450 g/mol. The van der Waals surface area contributed by atoms with Gasteiger partial charge in [0.1, 0.15) is 0 Å². The largest absolute Gasteiger partial charge is 0.381 e. The fourth-order valence-electron chi connectivity index (χ4n) is 14.1. The van der Waals surface area contributed by atoms with Gasteiger partial charge >= 0.3 is 0 Å². The van der Waals surface area contributed by atoms with E-state index in [0.717, 1.165) is 99.6 Å². The molecule has 3 aliphatic heterocycles. The summed E-state index contributed by atoms with van der Waals surface area (Å²) in [5.74, 6) is 3.74. The molecule has 10 rings (SSSR count). The third-order valence-corrected chi connectivity index (χ3v) is 27.4. The molecule has 10 aliphatic rings. The maximum absolute atomic E-state index is 5.17. The molecule has 0 N–H and O–H groups in total. The van der Waals surface area contributed by atoms with Gasteiger partial charge in [-0.1, -0.05) is 58.8 Å². The second kappa shape index (κ2) is 49.7. The van der Waals surface area contributed by atoms with Gasteiger partial charge in [-0.2, -0.15) is 0 Å². The summed E-state index contributed by atoms with van der Waals surface area (Å²) in [6.07, 6.45) is 30.3. The normalized spacial score (nSPS) is 21.4. The number of rotatable bonds is 26. The molecule has 0 aromatic heterocycles. The number of likely N-dealkylation sites (N-methyl/N-ethyl adjacent to an activating group) is 2. The highest BCUT2D eigenvalue weighted by Gasteiger charge is 2.40. The fourth-order valence-corrected chi connectivity index (χ4v) is 14.1. The second-order valence-corrected chi connectivity index (χ2v) is 39.1. The van der Waals surface area contributed by atoms with E-state index in [-0.39, 0.29) is 0 Å². The Balaban J connectivity index is 0.000000567. The van der Waals surface area contributed by atoms with Crippen molar-refractivity contribution in [1.82, 2.24) is 49.0 Å². The summed E-state index contributed by atoms with van der Waals surface area (Å²) in [7, 11) is 22.1. The maximum atomic E-state index is 5.17. The highest BCUT2D eigenvalue weighted by atomic mass is 16.5. The minimum Gasteiger partial charge on any atom is -0.381 e. The lowest BCUT2D eigenvalue weighted by molar-refractivity contribution is -0.130. The average Bonchev–Trinajstić information content (AvgIpc) is 0.815. The summed E-state index contributed by atoms with van der Waals surface area (Å²) < 4.78 is 15.3. The van der Waals surface area contributed by atoms with Crippen molar-refractivity contribution < 1.29 is 14.2 Å². The van der Waals surface area contributed by atoms with Gasteiger partial charge in [-0.3, -0.25) is 14.7 Å². The van der Waals surface area contributed by atoms with Crippen LogP contribution in [0.4, 0.5) is 0 Å². The van der Waals surface area contributed by atoms with Gasteiger partial charge in [-0.25, -0.2) is 0 Å². The number of hydrogen-bond acceptors (Lipinski definition) is 13. The third-order valence-electron chi connectivity index (χ3n) is 27.4. The van der Waals surface area contributed by atoms with Crippen molar-refractivity contribution in [2.45, 2.75) is 411 Å². The first-order valence-corrected chi connectivity index (χ1v) is 43.1. The molecule has 0 aromatic rings. The van der Waals surface area contributed by atoms with Crippen LogP contribution in [0.1, 0.15) is 315 Å². The van der Waals surface area contributed by atoms with Gasteiger partial charge in [0.25, 0.3) is 0 Å². The van der Waals surface area contributed by atoms with Crippen molar-refractivity contribution >= 4 is 0 Å². The number of hydrogen-bond donors (Lipinski definition) is 0. The maximum Gasteiger partial charge on any atom is 0.0671 e. The fraction of sp³-hybridized carbons (Fsp3) is 1.00. The molecular weight excluding hydrogens is 1260 g/mol. The van der Waals surface area contributed by atoms with Gasteiger partial charge in [0.2, 0.25) is 0 Å². The molecule has 3 saturated heterocycles. The lowest BCUT2D eigenvalue weighted by Gasteiger charge is -2.48. The molecule has 0 spiro atoms. The van der Waals surface area contributed by atoms with Crippen LogP contribution in [0.25, 0.3) is 0 Å². The Hall–Kier alpha value is -0.520. The van der Waals surface area contributed by atoms with Gasteiger partial charge in [-0.15, -0.1) is 0 Å². The molecule has 3 heterocycles. The van der Waals surface area contributed by atoms with E-state index in [9.17, 15) is 0 Å². The average molecular weight is 1450 g/mol. The van der Waals surface area contributed by atoms with E-state index in [4.69, 9.17) is 14.2 Å². The van der Waals surface area contributed by atoms with E-state index in [0.29, 0.717) is 70.2 Å². The third kappa shape index (κ3) is 37.0. The molecule has 13 heteroatoms. The zero-order valence-electron chi connectivity index (χ0n) is 76.0. The zero-order valence-corrected chi connectivity index (χ0v) is 76.0. The van der Waals surface area contributed by atoms with Crippen LogP contribution < -0.4 is 0 Å². The summed E-state index contributed by atoms with van der Waals surface area (Å²) in [6, 6.07) is 10.2. The Bertz CT molecular complexity index is 1910. The predicted octanol–water partition coefficient (Wildman–Crippen LogP) is 19.2. The van der Waals surface area contributed by atoms with Crippen LogP contribution in [-0.2, 0) is 14.2 Å². The van der Waals surface area contributed by atoms with E-state index in [1.54, 1.807) is 0 Å². The summed E-state index contributed by atoms with van der Waals surface area (Å²) >= 11 is 0. The molecule has 10 fully saturated rings. The Morgan fingerprint density at radius 1 is 0.343 bits per heavy atom. The van der Waals surface area contributed by atoms with Crippen molar-refractivity contribution in [3.63, 3.8) is 0 Å². The SMILES string of the molecule is CC(C)N(C)C(C)(C)C1CCC1.CC(C)N(C)C(C)C1CCC1.CC(C)N(C)C1(C)COC1.CC(C)N(C)C1CCC1.CC(C)N(C)C1CCC1.CC(C)N(C)C1COC1.CC(C)N(C)CC1(C)CCC1.CC(C)N(C)CC1(C)CCC1.CC(C)N(C)CC1CCC1.CC(C)N(C)CC1COC1. The van der Waals surface area contributed by atoms with E-state index in [2.05, 4.69) is 299 Å². The van der Waals surface area contributed by atoms with Crippen LogP contribution in [0.2, 0.25) is 0 Å². The topological polar surface area (TPSA) is 60.1 Å². The van der Waals surface area contributed by atoms with E-state index < -0.39 is 0 Å². The van der Waals surface area contributed by atoms with E-state index >= 15 is 0 Å². The lowest BCUT2D eigenvalue weighted by atomic mass is 9.70. The minimum atomic E-state index is 0.314. The number of nitrogens with zero attached hydrogens (tertiary/aromatic N) is 10. The van der Waals surface area contributed by atoms with Crippen molar-refractivity contribution in [2.75, 3.05) is 136 Å². The van der Waals surface area contributed by atoms with Gasteiger partial charge in [-0.05, 0) is 355 Å². The number of ether oxygens (including phenoxy) is 3. The Morgan fingerprint density at radius 3 is 0.853 bits per heavy atom. The van der Waals surface area contributed by atoms with Crippen LogP contribution in [-0.4, -0.2) is 281 Å². The van der Waals surface area contributed by atoms with Crippen LogP contribution >= 0.6 is 0 Å². The molecule has 13 nitrogen and oxygen atoms in total. The molecule has 7 aliphatic carbocycles. The van der Waals surface area contributed by atoms with Gasteiger partial charge in [0, 0.05) is 116 Å². The zero-order chi connectivity index (χ0) is 78.2. The quantitative estimate of drug-likeness (QED) is 0.0827. The van der Waals surface area contributed by atoms with Gasteiger partial charge < -0.3 is 48.5 Å². The smallest absolute Gasteiger partial charge is 0.0671 e. The second-order valence-electron chi connectivity index (χ2n) is 39.1. The van der Waals surface area contributed by atoms with E-state index in [1.807, 2.05) is 0 Å². The molecule has 0 radical (unpaired) electrons. The first-order valence-electron chi connectivity index (χ1n) is 43.1. The van der Waals surface area contributed by atoms with Crippen LogP contribution in [0, 0.1) is 34.5 Å². The molecule has 0 aromatic carbocycles. The van der Waals surface area contributed by atoms with Crippen molar-refractivity contribution in [3.05, 3.63) is 0 Å². The molecule has 7 saturated carbocycles. The Labute approximate surface area is 641 Å². The summed E-state index contributed by atoms with van der Waals surface area (Å²) in [6.45, 7) is 69.9. The van der Waals surface area contributed by atoms with Crippen LogP contribution in [0.15, 0.2) is 0 Å². The van der Waals surface area contributed by atoms with Crippen LogP contribution in [0.3, 0.4) is 0 Å². The molecule has 1 unspecified atom stereocenters. The molecule has 0 amide bonds. The van der Waals surface area contributed by atoms with Crippen molar-refractivity contribution in [3.8, 4) is 0 Å². The summed E-state index contributed by atoms with van der Waals surface area (Å²) in [4.78, 5) is 24.4. The van der Waals surface area contributed by atoms with Crippen molar-refractivity contribution in [1.29, 1.82) is 0 Å². The first kappa shape index (κ1) is 99.5. The predicted molar refractivity (Wildman–Crippen MR) is 451 cm³/mol. The summed E-state index contributed by atoms with van der Waals surface area (Å²) in [5.41, 5.74) is 2.03. The molecule has 102 heavy (non-hydrogen) atoms. The van der Waals surface area contributed by atoms with Gasteiger partial charge in [0.15, 0.2) is 0 Å². The van der Waals surface area contributed by atoms with E-state index in [1.165, 1.54) is 161 Å². The molecule has 1 atom stereocenters. The lowest BCUT2D eigenvalue weighted by Crippen LogP contribution is -2.60. The Morgan fingerprint density at radius 2 is 0.686 bits per heavy atom. The molecule has 612 valence electrons. The van der Waals surface area contributed by atoms with Crippen molar-refractivity contribution in [2.24, 2.45) is 34.5 Å². The highest BCUT2D eigenvalue weighted by molar-refractivity contribution is 4.94. The minimum absolute atomic E-state index is 0.314. The first-order chi connectivity index (χ1) is 47.3. The standard InChI is InChI=1S/C11H23N.3C10H21N.C9H19N.2C8H17NO.2C8H17N.C7H15NO/c1-9(2)12(5)11(3,4)10-7-6-8-10;2*1-9(2)11(4)8-10(3)6-5-7-10;1-8(2)11(4)9(3)10-6-5-7-10;1-8(2)10(3)7-9-5-4-6-9;1-7(2)9(3)4-8-5-10-6-8;1-7(2)9(4)8(3)5-10-6-8;2*1-7(2)9(3)8-5-4-6-8;1-6(2)8(3)7-4-9-5-7/h9-10H,6-8H2,1-5H3;2*9H,5-8H2,1-4H3;8-10H,5-7H2,1-4H3;8-9H,4-7H2,1-3H3;7-8H,4-6H2,1-3H3;7H,5-6H2,1-4H3;2*7-8H,4-6H2,1-3H3;6-7H,4-5H2,1-3H3. The summed E-state index contributed by atoms with van der Waals surface area (Å²) in [5, 5.41) is 0. The van der Waals surface area contributed by atoms with Crippen LogP contribution in [0.5, 0.6) is 0 Å².